The Bertz CT molecular complexity index is 776. The summed E-state index contributed by atoms with van der Waals surface area (Å²) in [6.45, 7) is 8.42. The number of hydrogen-bond donors (Lipinski definition) is 0. The van der Waals surface area contributed by atoms with Crippen LogP contribution in [0.3, 0.4) is 0 Å². The van der Waals surface area contributed by atoms with E-state index >= 15 is 0 Å². The van der Waals surface area contributed by atoms with Gasteiger partial charge in [-0.05, 0) is 26.2 Å². The molecule has 0 saturated heterocycles. The van der Waals surface area contributed by atoms with E-state index in [4.69, 9.17) is 9.47 Å². The predicted octanol–water partition coefficient (Wildman–Crippen LogP) is 4.79. The van der Waals surface area contributed by atoms with Gasteiger partial charge in [0.1, 0.15) is 11.0 Å². The number of thiazole rings is 1. The minimum absolute atomic E-state index is 0.227. The minimum atomic E-state index is -0.666. The van der Waals surface area contributed by atoms with E-state index < -0.39 is 18.1 Å². The fourth-order valence-corrected chi connectivity index (χ4v) is 3.85. The Morgan fingerprint density at radius 2 is 1.79 bits per heavy atom. The van der Waals surface area contributed by atoms with E-state index in [1.807, 2.05) is 49.6 Å². The SMILES string of the molecule is CCOC(=O)C(CC(C)C)N(CCc1csc(-c2ccccc2)n1)C(=O)OCC. The molecule has 158 valence electrons. The zero-order chi connectivity index (χ0) is 21.2. The number of esters is 1. The Labute approximate surface area is 176 Å². The third kappa shape index (κ3) is 6.85. The molecular weight excluding hydrogens is 388 g/mol. The van der Waals surface area contributed by atoms with E-state index in [1.165, 1.54) is 4.90 Å². The molecule has 1 aromatic heterocycles. The zero-order valence-electron chi connectivity index (χ0n) is 17.6. The lowest BCUT2D eigenvalue weighted by molar-refractivity contribution is -0.149. The van der Waals surface area contributed by atoms with E-state index in [0.29, 0.717) is 19.4 Å². The molecule has 0 saturated carbocycles. The Morgan fingerprint density at radius 3 is 2.41 bits per heavy atom. The molecule has 0 aliphatic carbocycles. The highest BCUT2D eigenvalue weighted by Gasteiger charge is 2.32. The van der Waals surface area contributed by atoms with Crippen molar-refractivity contribution in [1.29, 1.82) is 0 Å². The third-order valence-corrected chi connectivity index (χ3v) is 5.25. The summed E-state index contributed by atoms with van der Waals surface area (Å²) in [5, 5.41) is 2.93. The molecule has 0 bridgehead atoms. The second kappa shape index (κ2) is 11.6. The Morgan fingerprint density at radius 1 is 1.10 bits per heavy atom. The topological polar surface area (TPSA) is 68.7 Å². The summed E-state index contributed by atoms with van der Waals surface area (Å²) in [6, 6.07) is 9.31. The van der Waals surface area contributed by atoms with Crippen molar-refractivity contribution in [3.63, 3.8) is 0 Å². The number of amides is 1. The van der Waals surface area contributed by atoms with Crippen LogP contribution in [0.1, 0.15) is 39.8 Å². The van der Waals surface area contributed by atoms with Crippen molar-refractivity contribution in [2.24, 2.45) is 5.92 Å². The maximum absolute atomic E-state index is 12.6. The first kappa shape index (κ1) is 22.9. The second-order valence-corrected chi connectivity index (χ2v) is 7.91. The average Bonchev–Trinajstić information content (AvgIpc) is 3.17. The molecule has 2 aromatic rings. The van der Waals surface area contributed by atoms with Crippen LogP contribution in [0.2, 0.25) is 0 Å². The van der Waals surface area contributed by atoms with Gasteiger partial charge in [-0.15, -0.1) is 11.3 Å². The van der Waals surface area contributed by atoms with Crippen molar-refractivity contribution < 1.29 is 19.1 Å². The quantitative estimate of drug-likeness (QED) is 0.519. The van der Waals surface area contributed by atoms with Crippen LogP contribution in [-0.2, 0) is 20.7 Å². The second-order valence-electron chi connectivity index (χ2n) is 7.05. The lowest BCUT2D eigenvalue weighted by Gasteiger charge is -2.30. The number of hydrogen-bond acceptors (Lipinski definition) is 6. The van der Waals surface area contributed by atoms with Crippen molar-refractivity contribution in [3.8, 4) is 10.6 Å². The number of nitrogens with zero attached hydrogens (tertiary/aromatic N) is 2. The van der Waals surface area contributed by atoms with Crippen molar-refractivity contribution in [2.45, 2.75) is 46.6 Å². The van der Waals surface area contributed by atoms with Crippen molar-refractivity contribution in [3.05, 3.63) is 41.4 Å². The van der Waals surface area contributed by atoms with Crippen molar-refractivity contribution in [1.82, 2.24) is 9.88 Å². The molecule has 0 radical (unpaired) electrons. The number of aromatic nitrogens is 1. The molecule has 0 aliphatic heterocycles. The number of carbonyl (C=O) groups excluding carboxylic acids is 2. The van der Waals surface area contributed by atoms with Gasteiger partial charge in [0.05, 0.1) is 18.9 Å². The van der Waals surface area contributed by atoms with Crippen LogP contribution in [0.4, 0.5) is 4.79 Å². The lowest BCUT2D eigenvalue weighted by atomic mass is 10.0. The van der Waals surface area contributed by atoms with E-state index in [-0.39, 0.29) is 19.1 Å². The maximum Gasteiger partial charge on any atom is 0.410 e. The molecule has 6 nitrogen and oxygen atoms in total. The van der Waals surface area contributed by atoms with Gasteiger partial charge in [0.2, 0.25) is 0 Å². The summed E-state index contributed by atoms with van der Waals surface area (Å²) in [6.07, 6.45) is 0.560. The molecule has 0 spiro atoms. The molecule has 7 heteroatoms. The maximum atomic E-state index is 12.6. The van der Waals surface area contributed by atoms with E-state index in [0.717, 1.165) is 16.3 Å². The van der Waals surface area contributed by atoms with Gasteiger partial charge in [-0.25, -0.2) is 14.6 Å². The largest absolute Gasteiger partial charge is 0.464 e. The Hall–Kier alpha value is -2.41. The fraction of sp³-hybridized carbons (Fsp3) is 0.500. The first-order chi connectivity index (χ1) is 14.0. The monoisotopic (exact) mass is 418 g/mol. The summed E-state index contributed by atoms with van der Waals surface area (Å²) in [5.41, 5.74) is 1.95. The van der Waals surface area contributed by atoms with Gasteiger partial charge in [-0.1, -0.05) is 44.2 Å². The van der Waals surface area contributed by atoms with E-state index in [2.05, 4.69) is 4.98 Å². The summed E-state index contributed by atoms with van der Waals surface area (Å²) in [4.78, 5) is 31.3. The Balaban J connectivity index is 2.16. The van der Waals surface area contributed by atoms with Crippen LogP contribution in [0.25, 0.3) is 10.6 Å². The number of benzene rings is 1. The van der Waals surface area contributed by atoms with Crippen LogP contribution in [0.5, 0.6) is 0 Å². The van der Waals surface area contributed by atoms with Gasteiger partial charge in [-0.2, -0.15) is 0 Å². The molecule has 2 rings (SSSR count). The highest BCUT2D eigenvalue weighted by atomic mass is 32.1. The molecule has 29 heavy (non-hydrogen) atoms. The zero-order valence-corrected chi connectivity index (χ0v) is 18.4. The van der Waals surface area contributed by atoms with Crippen LogP contribution < -0.4 is 0 Å². The van der Waals surface area contributed by atoms with Gasteiger partial charge in [0.25, 0.3) is 0 Å². The molecule has 1 aromatic carbocycles. The molecule has 0 fully saturated rings. The normalized spacial score (nSPS) is 11.9. The third-order valence-electron chi connectivity index (χ3n) is 4.31. The number of carbonyl (C=O) groups is 2. The van der Waals surface area contributed by atoms with Gasteiger partial charge in [0.15, 0.2) is 0 Å². The molecule has 1 amide bonds. The summed E-state index contributed by atoms with van der Waals surface area (Å²) < 4.78 is 10.4. The van der Waals surface area contributed by atoms with Crippen LogP contribution >= 0.6 is 11.3 Å². The van der Waals surface area contributed by atoms with Gasteiger partial charge in [0, 0.05) is 23.9 Å². The first-order valence-electron chi connectivity index (χ1n) is 10.1. The predicted molar refractivity (Wildman–Crippen MR) is 115 cm³/mol. The highest BCUT2D eigenvalue weighted by Crippen LogP contribution is 2.24. The van der Waals surface area contributed by atoms with Gasteiger partial charge >= 0.3 is 12.1 Å². The fourth-order valence-electron chi connectivity index (χ4n) is 2.99. The van der Waals surface area contributed by atoms with Crippen molar-refractivity contribution in [2.75, 3.05) is 19.8 Å². The molecule has 1 atom stereocenters. The summed E-state index contributed by atoms with van der Waals surface area (Å²) >= 11 is 1.57. The Kier molecular flexibility index (Phi) is 9.12. The summed E-state index contributed by atoms with van der Waals surface area (Å²) in [7, 11) is 0. The molecule has 0 N–H and O–H groups in total. The molecule has 1 heterocycles. The molecule has 0 aliphatic rings. The van der Waals surface area contributed by atoms with Gasteiger partial charge in [-0.3, -0.25) is 4.90 Å². The summed E-state index contributed by atoms with van der Waals surface area (Å²) in [5.74, 6) is -0.164. The van der Waals surface area contributed by atoms with Crippen molar-refractivity contribution >= 4 is 23.4 Å². The van der Waals surface area contributed by atoms with E-state index in [9.17, 15) is 9.59 Å². The van der Waals surface area contributed by atoms with Gasteiger partial charge < -0.3 is 9.47 Å². The number of ether oxygens (including phenoxy) is 2. The van der Waals surface area contributed by atoms with Crippen LogP contribution in [0, 0.1) is 5.92 Å². The van der Waals surface area contributed by atoms with Crippen LogP contribution in [0.15, 0.2) is 35.7 Å². The smallest absolute Gasteiger partial charge is 0.410 e. The standard InChI is InChI=1S/C22H30N2O4S/c1-5-27-21(25)19(14-16(3)4)24(22(26)28-6-2)13-12-18-15-29-20(23-18)17-10-8-7-9-11-17/h7-11,15-16,19H,5-6,12-14H2,1-4H3. The number of rotatable bonds is 10. The molecule has 1 unspecified atom stereocenters. The highest BCUT2D eigenvalue weighted by molar-refractivity contribution is 7.13. The van der Waals surface area contributed by atoms with Crippen LogP contribution in [-0.4, -0.2) is 47.7 Å². The minimum Gasteiger partial charge on any atom is -0.464 e. The average molecular weight is 419 g/mol. The molecular formula is C22H30N2O4S. The lowest BCUT2D eigenvalue weighted by Crippen LogP contribution is -2.47. The first-order valence-corrected chi connectivity index (χ1v) is 10.9. The van der Waals surface area contributed by atoms with E-state index in [1.54, 1.807) is 25.2 Å².